The van der Waals surface area contributed by atoms with Crippen LogP contribution in [-0.2, 0) is 4.79 Å². The van der Waals surface area contributed by atoms with Crippen molar-refractivity contribution in [1.29, 1.82) is 0 Å². The zero-order chi connectivity index (χ0) is 22.5. The van der Waals surface area contributed by atoms with Gasteiger partial charge in [0.05, 0.1) is 18.5 Å². The molecule has 174 valence electrons. The minimum atomic E-state index is -1.15. The lowest BCUT2D eigenvalue weighted by atomic mass is 9.81. The van der Waals surface area contributed by atoms with E-state index in [2.05, 4.69) is 9.88 Å². The summed E-state index contributed by atoms with van der Waals surface area (Å²) in [5.41, 5.74) is 1.34. The van der Waals surface area contributed by atoms with Gasteiger partial charge in [0.25, 0.3) is 0 Å². The summed E-state index contributed by atoms with van der Waals surface area (Å²) >= 11 is 2.03. The fraction of sp³-hybridized carbons (Fsp3) is 0.600. The summed E-state index contributed by atoms with van der Waals surface area (Å²) < 4.78 is 20.6. The number of hydrogen-bond acceptors (Lipinski definition) is 5. The van der Waals surface area contributed by atoms with Crippen LogP contribution in [0, 0.1) is 11.8 Å². The first kappa shape index (κ1) is 23.3. The monoisotopic (exact) mass is 460 g/mol. The van der Waals surface area contributed by atoms with E-state index in [0.29, 0.717) is 30.7 Å². The Morgan fingerprint density at radius 3 is 2.91 bits per heavy atom. The number of halogens is 1. The Labute approximate surface area is 193 Å². The van der Waals surface area contributed by atoms with Crippen LogP contribution in [0.15, 0.2) is 30.5 Å². The van der Waals surface area contributed by atoms with Crippen molar-refractivity contribution in [2.24, 2.45) is 11.8 Å². The fourth-order valence-electron chi connectivity index (χ4n) is 4.84. The number of likely N-dealkylation sites (tertiary alicyclic amines) is 1. The van der Waals surface area contributed by atoms with Gasteiger partial charge in [0.15, 0.2) is 0 Å². The Kier molecular flexibility index (Phi) is 7.89. The Bertz CT molecular complexity index is 923. The van der Waals surface area contributed by atoms with Gasteiger partial charge in [-0.25, -0.2) is 4.39 Å². The summed E-state index contributed by atoms with van der Waals surface area (Å²) in [5.74, 6) is 0.601. The van der Waals surface area contributed by atoms with E-state index < -0.39 is 18.1 Å². The third-order valence-corrected chi connectivity index (χ3v) is 8.44. The van der Waals surface area contributed by atoms with Crippen LogP contribution in [0.25, 0.3) is 10.9 Å². The number of aliphatic carboxylic acids is 1. The molecule has 2 aromatic rings. The molecule has 0 radical (unpaired) electrons. The number of carboxylic acid groups (broad SMARTS) is 1. The summed E-state index contributed by atoms with van der Waals surface area (Å²) in [4.78, 5) is 18.6. The number of fused-ring (bicyclic) bond motifs is 1. The molecule has 7 heteroatoms. The van der Waals surface area contributed by atoms with Crippen LogP contribution in [0.5, 0.6) is 5.75 Å². The minimum Gasteiger partial charge on any atom is -0.497 e. The number of pyridine rings is 1. The number of nitrogens with zero attached hydrogens (tertiary/aromatic N) is 2. The molecule has 1 saturated carbocycles. The van der Waals surface area contributed by atoms with Gasteiger partial charge >= 0.3 is 5.97 Å². The predicted molar refractivity (Wildman–Crippen MR) is 127 cm³/mol. The summed E-state index contributed by atoms with van der Waals surface area (Å²) in [6.07, 6.45) is 6.21. The van der Waals surface area contributed by atoms with Crippen LogP contribution in [0.3, 0.4) is 0 Å². The second-order valence-corrected chi connectivity index (χ2v) is 10.5. The average molecular weight is 461 g/mol. The smallest absolute Gasteiger partial charge is 0.308 e. The van der Waals surface area contributed by atoms with Crippen LogP contribution >= 0.6 is 11.8 Å². The van der Waals surface area contributed by atoms with Gasteiger partial charge in [0.1, 0.15) is 11.9 Å². The van der Waals surface area contributed by atoms with Gasteiger partial charge in [0.2, 0.25) is 0 Å². The lowest BCUT2D eigenvalue weighted by Crippen LogP contribution is -2.44. The van der Waals surface area contributed by atoms with E-state index in [9.17, 15) is 9.90 Å². The quantitative estimate of drug-likeness (QED) is 0.516. The molecule has 0 spiro atoms. The molecular weight excluding hydrogens is 427 g/mol. The number of aromatic nitrogens is 1. The van der Waals surface area contributed by atoms with E-state index in [-0.39, 0.29) is 5.92 Å². The minimum absolute atomic E-state index is 0.0175. The number of carboxylic acids is 1. The standard InChI is InChI=1S/C25H33FN2O3S/c1-31-18-6-8-24-21(15-18)20(9-11-27-24)23(26)7-5-17-10-12-28(16-22(17)25(29)30)13-14-32-19-3-2-4-19/h6,8-9,11,15,17,19,22-23H,2-5,7,10,12-14,16H2,1H3,(H,29,30)/t17-,22+,23+/m1/s1. The first-order valence-corrected chi connectivity index (χ1v) is 12.7. The van der Waals surface area contributed by atoms with Crippen molar-refractivity contribution in [2.45, 2.75) is 49.9 Å². The van der Waals surface area contributed by atoms with Gasteiger partial charge < -0.3 is 14.7 Å². The van der Waals surface area contributed by atoms with Crippen molar-refractivity contribution in [2.75, 3.05) is 32.5 Å². The van der Waals surface area contributed by atoms with Gasteiger partial charge in [0, 0.05) is 35.7 Å². The number of thioether (sulfide) groups is 1. The van der Waals surface area contributed by atoms with Gasteiger partial charge in [-0.3, -0.25) is 9.78 Å². The second-order valence-electron chi connectivity index (χ2n) is 9.05. The molecule has 1 aliphatic heterocycles. The Morgan fingerprint density at radius 1 is 1.34 bits per heavy atom. The first-order chi connectivity index (χ1) is 15.5. The molecule has 32 heavy (non-hydrogen) atoms. The van der Waals surface area contributed by atoms with E-state index >= 15 is 4.39 Å². The highest BCUT2D eigenvalue weighted by atomic mass is 32.2. The summed E-state index contributed by atoms with van der Waals surface area (Å²) in [5, 5.41) is 11.4. The maximum atomic E-state index is 15.3. The maximum absolute atomic E-state index is 15.3. The number of carbonyl (C=O) groups is 1. The molecule has 0 unspecified atom stereocenters. The number of rotatable bonds is 10. The highest BCUT2D eigenvalue weighted by Crippen LogP contribution is 2.36. The van der Waals surface area contributed by atoms with E-state index in [1.54, 1.807) is 19.4 Å². The normalized spacial score (nSPS) is 23.1. The molecule has 5 nitrogen and oxygen atoms in total. The molecule has 1 aliphatic carbocycles. The van der Waals surface area contributed by atoms with E-state index in [4.69, 9.17) is 4.74 Å². The van der Waals surface area contributed by atoms with Gasteiger partial charge in [-0.15, -0.1) is 0 Å². The third-order valence-electron chi connectivity index (χ3n) is 7.08. The lowest BCUT2D eigenvalue weighted by Gasteiger charge is -2.37. The Balaban J connectivity index is 1.34. The molecule has 4 rings (SSSR count). The zero-order valence-corrected chi connectivity index (χ0v) is 19.5. The summed E-state index contributed by atoms with van der Waals surface area (Å²) in [6.45, 7) is 2.44. The predicted octanol–water partition coefficient (Wildman–Crippen LogP) is 5.34. The molecule has 2 aliphatic rings. The number of hydrogen-bond donors (Lipinski definition) is 1. The number of piperidine rings is 1. The Morgan fingerprint density at radius 2 is 2.19 bits per heavy atom. The van der Waals surface area contributed by atoms with Crippen molar-refractivity contribution in [1.82, 2.24) is 9.88 Å². The number of benzene rings is 1. The van der Waals surface area contributed by atoms with Crippen LogP contribution in [0.1, 0.15) is 50.3 Å². The molecule has 1 aromatic heterocycles. The zero-order valence-electron chi connectivity index (χ0n) is 18.7. The van der Waals surface area contributed by atoms with Crippen molar-refractivity contribution in [3.63, 3.8) is 0 Å². The fourth-order valence-corrected chi connectivity index (χ4v) is 6.21. The van der Waals surface area contributed by atoms with Gasteiger partial charge in [-0.2, -0.15) is 11.8 Å². The van der Waals surface area contributed by atoms with Crippen molar-refractivity contribution in [3.05, 3.63) is 36.0 Å². The molecule has 0 bridgehead atoms. The highest BCUT2D eigenvalue weighted by molar-refractivity contribution is 7.99. The SMILES string of the molecule is COc1ccc2nccc([C@@H](F)CC[C@@H]3CCN(CCSC4CCC4)C[C@@H]3C(=O)O)c2c1. The van der Waals surface area contributed by atoms with Crippen molar-refractivity contribution in [3.8, 4) is 5.75 Å². The summed E-state index contributed by atoms with van der Waals surface area (Å²) in [7, 11) is 1.59. The topological polar surface area (TPSA) is 62.7 Å². The van der Waals surface area contributed by atoms with Crippen LogP contribution < -0.4 is 4.74 Å². The highest BCUT2D eigenvalue weighted by Gasteiger charge is 2.34. The molecular formula is C25H33FN2O3S. The van der Waals surface area contributed by atoms with E-state index in [1.165, 1.54) is 19.3 Å². The molecule has 0 amide bonds. The van der Waals surface area contributed by atoms with Gasteiger partial charge in [-0.05, 0) is 74.4 Å². The van der Waals surface area contributed by atoms with Crippen LogP contribution in [-0.4, -0.2) is 58.7 Å². The van der Waals surface area contributed by atoms with Crippen LogP contribution in [0.4, 0.5) is 4.39 Å². The molecule has 3 atom stereocenters. The van der Waals surface area contributed by atoms with Crippen LogP contribution in [0.2, 0.25) is 0 Å². The lowest BCUT2D eigenvalue weighted by molar-refractivity contribution is -0.146. The molecule has 2 heterocycles. The molecule has 2 fully saturated rings. The maximum Gasteiger partial charge on any atom is 0.308 e. The summed E-state index contributed by atoms with van der Waals surface area (Å²) in [6, 6.07) is 7.21. The van der Waals surface area contributed by atoms with Crippen molar-refractivity contribution < 1.29 is 19.0 Å². The van der Waals surface area contributed by atoms with E-state index in [1.807, 2.05) is 30.0 Å². The molecule has 1 saturated heterocycles. The molecule has 1 aromatic carbocycles. The van der Waals surface area contributed by atoms with Crippen molar-refractivity contribution >= 4 is 28.6 Å². The third kappa shape index (κ3) is 5.54. The largest absolute Gasteiger partial charge is 0.497 e. The van der Waals surface area contributed by atoms with E-state index in [0.717, 1.165) is 41.4 Å². The Hall–Kier alpha value is -1.86. The van der Waals surface area contributed by atoms with Gasteiger partial charge in [-0.1, -0.05) is 6.42 Å². The number of methoxy groups -OCH3 is 1. The second kappa shape index (κ2) is 10.8. The number of ether oxygens (including phenoxy) is 1. The first-order valence-electron chi connectivity index (χ1n) is 11.7. The average Bonchev–Trinajstić information content (AvgIpc) is 2.78. The molecule has 1 N–H and O–H groups in total. The number of alkyl halides is 1.